The van der Waals surface area contributed by atoms with E-state index in [1.54, 1.807) is 7.11 Å². The van der Waals surface area contributed by atoms with Crippen LogP contribution in [-0.4, -0.2) is 25.5 Å². The lowest BCUT2D eigenvalue weighted by atomic mass is 9.99. The van der Waals surface area contributed by atoms with Gasteiger partial charge in [-0.1, -0.05) is 26.0 Å². The number of nitrogens with zero attached hydrogens (tertiary/aromatic N) is 1. The molecular formula is C23H28N2O3. The Hall–Kier alpha value is -2.82. The van der Waals surface area contributed by atoms with Crippen molar-refractivity contribution in [3.05, 3.63) is 53.6 Å². The van der Waals surface area contributed by atoms with E-state index < -0.39 is 0 Å². The number of aryl methyl sites for hydroxylation is 2. The molecule has 1 aliphatic heterocycles. The fourth-order valence-corrected chi connectivity index (χ4v) is 3.49. The molecule has 0 spiro atoms. The third-order valence-electron chi connectivity index (χ3n) is 5.04. The van der Waals surface area contributed by atoms with Gasteiger partial charge in [0.1, 0.15) is 5.75 Å². The van der Waals surface area contributed by atoms with Crippen molar-refractivity contribution in [2.75, 3.05) is 23.9 Å². The van der Waals surface area contributed by atoms with Crippen LogP contribution in [0.15, 0.2) is 42.5 Å². The summed E-state index contributed by atoms with van der Waals surface area (Å²) in [6.07, 6.45) is 2.96. The summed E-state index contributed by atoms with van der Waals surface area (Å²) in [5, 5.41) is 2.98. The van der Waals surface area contributed by atoms with Gasteiger partial charge in [0.15, 0.2) is 0 Å². The number of hydrogen-bond acceptors (Lipinski definition) is 3. The summed E-state index contributed by atoms with van der Waals surface area (Å²) in [5.41, 5.74) is 3.98. The molecule has 1 heterocycles. The minimum atomic E-state index is -0.0247. The van der Waals surface area contributed by atoms with Crippen LogP contribution in [0.1, 0.15) is 37.8 Å². The first-order valence-electron chi connectivity index (χ1n) is 9.85. The van der Waals surface area contributed by atoms with Crippen LogP contribution in [-0.2, 0) is 22.4 Å². The van der Waals surface area contributed by atoms with Crippen LogP contribution in [0.5, 0.6) is 5.75 Å². The van der Waals surface area contributed by atoms with Gasteiger partial charge in [0.2, 0.25) is 11.8 Å². The van der Waals surface area contributed by atoms with E-state index in [1.807, 2.05) is 61.2 Å². The number of methoxy groups -OCH3 is 1. The molecule has 0 aliphatic carbocycles. The SMILES string of the molecule is COc1ccc(CCC(=O)Nc2ccc3c(c2)CCCN3C(=O)C(C)C)cc1. The third-order valence-corrected chi connectivity index (χ3v) is 5.04. The molecule has 0 bridgehead atoms. The lowest BCUT2D eigenvalue weighted by Gasteiger charge is -2.31. The fourth-order valence-electron chi connectivity index (χ4n) is 3.49. The number of hydrogen-bond donors (Lipinski definition) is 1. The van der Waals surface area contributed by atoms with Crippen LogP contribution in [0.4, 0.5) is 11.4 Å². The summed E-state index contributed by atoms with van der Waals surface area (Å²) in [4.78, 5) is 26.6. The Morgan fingerprint density at radius 1 is 1.14 bits per heavy atom. The van der Waals surface area contributed by atoms with E-state index in [0.717, 1.165) is 47.6 Å². The molecule has 0 unspecified atom stereocenters. The summed E-state index contributed by atoms with van der Waals surface area (Å²) in [5.74, 6) is 0.925. The highest BCUT2D eigenvalue weighted by Gasteiger charge is 2.24. The first-order chi connectivity index (χ1) is 13.5. The maximum atomic E-state index is 12.4. The van der Waals surface area contributed by atoms with Crippen LogP contribution >= 0.6 is 0 Å². The first kappa shape index (κ1) is 19.9. The van der Waals surface area contributed by atoms with E-state index >= 15 is 0 Å². The van der Waals surface area contributed by atoms with Gasteiger partial charge in [-0.15, -0.1) is 0 Å². The van der Waals surface area contributed by atoms with Gasteiger partial charge in [-0.3, -0.25) is 9.59 Å². The summed E-state index contributed by atoms with van der Waals surface area (Å²) >= 11 is 0. The molecule has 5 heteroatoms. The molecule has 28 heavy (non-hydrogen) atoms. The van der Waals surface area contributed by atoms with Gasteiger partial charge in [-0.2, -0.15) is 0 Å². The molecule has 1 aliphatic rings. The normalized spacial score (nSPS) is 13.2. The Morgan fingerprint density at radius 3 is 2.57 bits per heavy atom. The topological polar surface area (TPSA) is 58.6 Å². The molecule has 148 valence electrons. The molecule has 0 fully saturated rings. The molecule has 1 N–H and O–H groups in total. The van der Waals surface area contributed by atoms with Crippen molar-refractivity contribution in [2.24, 2.45) is 5.92 Å². The molecule has 0 saturated heterocycles. The molecule has 0 radical (unpaired) electrons. The highest BCUT2D eigenvalue weighted by Crippen LogP contribution is 2.30. The van der Waals surface area contributed by atoms with Crippen molar-refractivity contribution in [2.45, 2.75) is 39.5 Å². The van der Waals surface area contributed by atoms with Crippen molar-refractivity contribution < 1.29 is 14.3 Å². The monoisotopic (exact) mass is 380 g/mol. The highest BCUT2D eigenvalue weighted by atomic mass is 16.5. The number of benzene rings is 2. The zero-order valence-corrected chi connectivity index (χ0v) is 16.8. The van der Waals surface area contributed by atoms with Gasteiger partial charge in [-0.05, 0) is 60.7 Å². The number of nitrogens with one attached hydrogen (secondary N) is 1. The number of anilines is 2. The van der Waals surface area contributed by atoms with E-state index in [4.69, 9.17) is 4.74 Å². The Bertz CT molecular complexity index is 843. The smallest absolute Gasteiger partial charge is 0.229 e. The molecule has 5 nitrogen and oxygen atoms in total. The molecule has 0 atom stereocenters. The number of ether oxygens (including phenoxy) is 1. The molecule has 0 aromatic heterocycles. The summed E-state index contributed by atoms with van der Waals surface area (Å²) in [7, 11) is 1.64. The van der Waals surface area contributed by atoms with Crippen LogP contribution in [0.3, 0.4) is 0 Å². The van der Waals surface area contributed by atoms with Crippen LogP contribution in [0.25, 0.3) is 0 Å². The molecule has 2 amide bonds. The first-order valence-corrected chi connectivity index (χ1v) is 9.85. The van der Waals surface area contributed by atoms with Gasteiger partial charge in [-0.25, -0.2) is 0 Å². The van der Waals surface area contributed by atoms with Crippen molar-refractivity contribution >= 4 is 23.2 Å². The van der Waals surface area contributed by atoms with Crippen molar-refractivity contribution in [1.82, 2.24) is 0 Å². The standard InChI is InChI=1S/C23H28N2O3/c1-16(2)23(27)25-14-4-5-18-15-19(9-12-21(18)25)24-22(26)13-8-17-6-10-20(28-3)11-7-17/h6-7,9-12,15-16H,4-5,8,13-14H2,1-3H3,(H,24,26). The fraction of sp³-hybridized carbons (Fsp3) is 0.391. The predicted octanol–water partition coefficient (Wildman–Crippen LogP) is 4.20. The van der Waals surface area contributed by atoms with E-state index in [-0.39, 0.29) is 17.7 Å². The maximum absolute atomic E-state index is 12.4. The van der Waals surface area contributed by atoms with Gasteiger partial charge in [0.05, 0.1) is 7.11 Å². The molecule has 2 aromatic rings. The van der Waals surface area contributed by atoms with E-state index in [0.29, 0.717) is 12.8 Å². The largest absolute Gasteiger partial charge is 0.497 e. The average molecular weight is 380 g/mol. The Balaban J connectivity index is 1.61. The average Bonchev–Trinajstić information content (AvgIpc) is 2.71. The summed E-state index contributed by atoms with van der Waals surface area (Å²) in [6.45, 7) is 4.61. The van der Waals surface area contributed by atoms with Crippen LogP contribution < -0.4 is 15.0 Å². The third kappa shape index (κ3) is 4.71. The molecule has 3 rings (SSSR count). The van der Waals surface area contributed by atoms with Crippen LogP contribution in [0.2, 0.25) is 0 Å². The van der Waals surface area contributed by atoms with Gasteiger partial charge in [0, 0.05) is 30.3 Å². The quantitative estimate of drug-likeness (QED) is 0.817. The molecule has 2 aromatic carbocycles. The Kier molecular flexibility index (Phi) is 6.34. The number of carbonyl (C=O) groups excluding carboxylic acids is 2. The van der Waals surface area contributed by atoms with Crippen LogP contribution in [0, 0.1) is 5.92 Å². The maximum Gasteiger partial charge on any atom is 0.229 e. The summed E-state index contributed by atoms with van der Waals surface area (Å²) in [6, 6.07) is 13.6. The number of rotatable bonds is 6. The second-order valence-electron chi connectivity index (χ2n) is 7.49. The number of amides is 2. The predicted molar refractivity (Wildman–Crippen MR) is 112 cm³/mol. The lowest BCUT2D eigenvalue weighted by Crippen LogP contribution is -2.38. The van der Waals surface area contributed by atoms with Crippen molar-refractivity contribution in [3.63, 3.8) is 0 Å². The zero-order chi connectivity index (χ0) is 20.1. The van der Waals surface area contributed by atoms with Gasteiger partial charge >= 0.3 is 0 Å². The number of carbonyl (C=O) groups is 2. The minimum Gasteiger partial charge on any atom is -0.497 e. The van der Waals surface area contributed by atoms with E-state index in [1.165, 1.54) is 0 Å². The second kappa shape index (κ2) is 8.91. The van der Waals surface area contributed by atoms with Gasteiger partial charge < -0.3 is 15.0 Å². The second-order valence-corrected chi connectivity index (χ2v) is 7.49. The van der Waals surface area contributed by atoms with Gasteiger partial charge in [0.25, 0.3) is 0 Å². The van der Waals surface area contributed by atoms with Crippen molar-refractivity contribution in [3.8, 4) is 5.75 Å². The van der Waals surface area contributed by atoms with Crippen molar-refractivity contribution in [1.29, 1.82) is 0 Å². The lowest BCUT2D eigenvalue weighted by molar-refractivity contribution is -0.121. The minimum absolute atomic E-state index is 0.0123. The highest BCUT2D eigenvalue weighted by molar-refractivity contribution is 5.97. The Morgan fingerprint density at radius 2 is 1.89 bits per heavy atom. The molecular weight excluding hydrogens is 352 g/mol. The van der Waals surface area contributed by atoms with E-state index in [9.17, 15) is 9.59 Å². The summed E-state index contributed by atoms with van der Waals surface area (Å²) < 4.78 is 5.15. The van der Waals surface area contributed by atoms with E-state index in [2.05, 4.69) is 5.32 Å². The number of fused-ring (bicyclic) bond motifs is 1. The molecule has 0 saturated carbocycles. The zero-order valence-electron chi connectivity index (χ0n) is 16.8. The Labute approximate surface area is 166 Å².